The Balaban J connectivity index is 2.90. The van der Waals surface area contributed by atoms with E-state index < -0.39 is 5.41 Å². The maximum absolute atomic E-state index is 9.60. The lowest BCUT2D eigenvalue weighted by Gasteiger charge is -2.32. The lowest BCUT2D eigenvalue weighted by molar-refractivity contribution is 0.0368. The second-order valence-corrected chi connectivity index (χ2v) is 6.04. The van der Waals surface area contributed by atoms with Gasteiger partial charge in [0, 0.05) is 9.89 Å². The lowest BCUT2D eigenvalue weighted by atomic mass is 9.76. The fraction of sp³-hybridized carbons (Fsp3) is 0.571. The van der Waals surface area contributed by atoms with Crippen LogP contribution in [0.15, 0.2) is 28.7 Å². The van der Waals surface area contributed by atoms with Crippen molar-refractivity contribution in [3.05, 3.63) is 34.3 Å². The summed E-state index contributed by atoms with van der Waals surface area (Å²) in [6.07, 6.45) is 1.51. The summed E-state index contributed by atoms with van der Waals surface area (Å²) < 4.78 is 1.04. The highest BCUT2D eigenvalue weighted by molar-refractivity contribution is 9.10. The minimum atomic E-state index is -0.419. The van der Waals surface area contributed by atoms with Crippen molar-refractivity contribution in [3.63, 3.8) is 0 Å². The third kappa shape index (κ3) is 4.09. The van der Waals surface area contributed by atoms with Gasteiger partial charge in [0.15, 0.2) is 0 Å². The average molecular weight is 301 g/mol. The molecule has 0 radical (unpaired) electrons. The van der Waals surface area contributed by atoms with Crippen LogP contribution in [-0.2, 0) is 6.42 Å². The van der Waals surface area contributed by atoms with Crippen LogP contribution in [0.5, 0.6) is 0 Å². The Kier molecular flexibility index (Phi) is 5.63. The van der Waals surface area contributed by atoms with Gasteiger partial charge in [-0.05, 0) is 30.4 Å². The quantitative estimate of drug-likeness (QED) is 0.848. The van der Waals surface area contributed by atoms with E-state index in [-0.39, 0.29) is 13.2 Å². The average Bonchev–Trinajstić information content (AvgIpc) is 2.30. The first kappa shape index (κ1) is 14.7. The second kappa shape index (κ2) is 6.53. The summed E-state index contributed by atoms with van der Waals surface area (Å²) in [6.45, 7) is 4.26. The monoisotopic (exact) mass is 300 g/mol. The molecule has 0 aromatic heterocycles. The number of benzene rings is 1. The topological polar surface area (TPSA) is 40.5 Å². The Hall–Kier alpha value is -0.380. The zero-order valence-corrected chi connectivity index (χ0v) is 12.1. The van der Waals surface area contributed by atoms with Crippen molar-refractivity contribution in [3.8, 4) is 0 Å². The number of hydrogen-bond donors (Lipinski definition) is 2. The fourth-order valence-corrected chi connectivity index (χ4v) is 2.70. The van der Waals surface area contributed by atoms with Crippen LogP contribution >= 0.6 is 15.9 Å². The third-order valence-electron chi connectivity index (χ3n) is 3.04. The van der Waals surface area contributed by atoms with Crippen LogP contribution < -0.4 is 0 Å². The van der Waals surface area contributed by atoms with Gasteiger partial charge in [-0.15, -0.1) is 0 Å². The lowest BCUT2D eigenvalue weighted by Crippen LogP contribution is -2.34. The molecule has 0 fully saturated rings. The van der Waals surface area contributed by atoms with Crippen LogP contribution in [0.25, 0.3) is 0 Å². The van der Waals surface area contributed by atoms with E-state index in [4.69, 9.17) is 0 Å². The SMILES string of the molecule is CC(C)CC(CO)(CO)Cc1ccccc1Br. The van der Waals surface area contributed by atoms with Crippen molar-refractivity contribution >= 4 is 15.9 Å². The van der Waals surface area contributed by atoms with E-state index in [1.54, 1.807) is 0 Å². The fourth-order valence-electron chi connectivity index (χ4n) is 2.27. The molecule has 0 saturated heterocycles. The van der Waals surface area contributed by atoms with Gasteiger partial charge in [-0.25, -0.2) is 0 Å². The van der Waals surface area contributed by atoms with Crippen molar-refractivity contribution in [2.45, 2.75) is 26.7 Å². The number of aliphatic hydroxyl groups excluding tert-OH is 2. The second-order valence-electron chi connectivity index (χ2n) is 5.18. The van der Waals surface area contributed by atoms with E-state index in [2.05, 4.69) is 29.8 Å². The summed E-state index contributed by atoms with van der Waals surface area (Å²) in [5.74, 6) is 0.455. The molecule has 0 bridgehead atoms. The summed E-state index contributed by atoms with van der Waals surface area (Å²) in [5.41, 5.74) is 0.717. The molecule has 0 aliphatic carbocycles. The Morgan fingerprint density at radius 2 is 1.76 bits per heavy atom. The van der Waals surface area contributed by atoms with Crippen molar-refractivity contribution in [2.24, 2.45) is 11.3 Å². The molecular weight excluding hydrogens is 280 g/mol. The Morgan fingerprint density at radius 1 is 1.18 bits per heavy atom. The molecule has 2 N–H and O–H groups in total. The molecule has 0 atom stereocenters. The predicted octanol–water partition coefficient (Wildman–Crippen LogP) is 3.01. The van der Waals surface area contributed by atoms with Crippen molar-refractivity contribution < 1.29 is 10.2 Å². The summed E-state index contributed by atoms with van der Waals surface area (Å²) in [6, 6.07) is 7.97. The number of halogens is 1. The molecule has 0 unspecified atom stereocenters. The molecule has 3 heteroatoms. The normalized spacial score (nSPS) is 12.1. The first-order chi connectivity index (χ1) is 8.03. The van der Waals surface area contributed by atoms with E-state index in [9.17, 15) is 10.2 Å². The third-order valence-corrected chi connectivity index (χ3v) is 3.81. The van der Waals surface area contributed by atoms with Crippen LogP contribution in [-0.4, -0.2) is 23.4 Å². The molecule has 1 aromatic rings. The van der Waals surface area contributed by atoms with E-state index in [1.807, 2.05) is 24.3 Å². The van der Waals surface area contributed by atoms with Crippen LogP contribution in [0, 0.1) is 11.3 Å². The maximum atomic E-state index is 9.60. The molecule has 1 rings (SSSR count). The van der Waals surface area contributed by atoms with Crippen molar-refractivity contribution in [2.75, 3.05) is 13.2 Å². The van der Waals surface area contributed by atoms with Gasteiger partial charge >= 0.3 is 0 Å². The maximum Gasteiger partial charge on any atom is 0.0512 e. The minimum Gasteiger partial charge on any atom is -0.396 e. The number of hydrogen-bond acceptors (Lipinski definition) is 2. The van der Waals surface area contributed by atoms with Crippen LogP contribution in [0.1, 0.15) is 25.8 Å². The van der Waals surface area contributed by atoms with Gasteiger partial charge in [0.2, 0.25) is 0 Å². The Bertz CT molecular complexity index is 346. The smallest absolute Gasteiger partial charge is 0.0512 e. The van der Waals surface area contributed by atoms with Crippen LogP contribution in [0.4, 0.5) is 0 Å². The summed E-state index contributed by atoms with van der Waals surface area (Å²) >= 11 is 3.51. The van der Waals surface area contributed by atoms with E-state index >= 15 is 0 Å². The molecule has 0 spiro atoms. The van der Waals surface area contributed by atoms with E-state index in [0.717, 1.165) is 16.5 Å². The van der Waals surface area contributed by atoms with Crippen molar-refractivity contribution in [1.29, 1.82) is 0 Å². The summed E-state index contributed by atoms with van der Waals surface area (Å²) in [4.78, 5) is 0. The van der Waals surface area contributed by atoms with Crippen molar-refractivity contribution in [1.82, 2.24) is 0 Å². The Labute approximate surface area is 112 Å². The molecule has 96 valence electrons. The predicted molar refractivity (Wildman–Crippen MR) is 73.9 cm³/mol. The molecule has 0 aliphatic rings. The first-order valence-electron chi connectivity index (χ1n) is 5.98. The standard InChI is InChI=1S/C14H21BrO2/c1-11(2)7-14(9-16,10-17)8-12-5-3-4-6-13(12)15/h3-6,11,16-17H,7-10H2,1-2H3. The molecule has 0 heterocycles. The molecule has 2 nitrogen and oxygen atoms in total. The van der Waals surface area contributed by atoms with Gasteiger partial charge in [0.1, 0.15) is 0 Å². The molecule has 0 amide bonds. The number of aliphatic hydroxyl groups is 2. The zero-order valence-electron chi connectivity index (χ0n) is 10.5. The largest absolute Gasteiger partial charge is 0.396 e. The first-order valence-corrected chi connectivity index (χ1v) is 6.77. The van der Waals surface area contributed by atoms with Gasteiger partial charge in [-0.3, -0.25) is 0 Å². The highest BCUT2D eigenvalue weighted by Crippen LogP contribution is 2.32. The zero-order chi connectivity index (χ0) is 12.9. The molecule has 0 aliphatic heterocycles. The van der Waals surface area contributed by atoms with Gasteiger partial charge in [-0.2, -0.15) is 0 Å². The van der Waals surface area contributed by atoms with Crippen LogP contribution in [0.3, 0.4) is 0 Å². The van der Waals surface area contributed by atoms with Gasteiger partial charge in [-0.1, -0.05) is 48.0 Å². The summed E-state index contributed by atoms with van der Waals surface area (Å²) in [7, 11) is 0. The van der Waals surface area contributed by atoms with Gasteiger partial charge in [0.25, 0.3) is 0 Å². The van der Waals surface area contributed by atoms with Gasteiger partial charge in [0.05, 0.1) is 13.2 Å². The minimum absolute atomic E-state index is 0.0169. The summed E-state index contributed by atoms with van der Waals surface area (Å²) in [5, 5.41) is 19.2. The number of rotatable bonds is 6. The van der Waals surface area contributed by atoms with E-state index in [1.165, 1.54) is 0 Å². The molecule has 17 heavy (non-hydrogen) atoms. The highest BCUT2D eigenvalue weighted by Gasteiger charge is 2.30. The van der Waals surface area contributed by atoms with E-state index in [0.29, 0.717) is 12.3 Å². The van der Waals surface area contributed by atoms with Crippen LogP contribution in [0.2, 0.25) is 0 Å². The molecule has 1 aromatic carbocycles. The molecule has 0 saturated carbocycles. The Morgan fingerprint density at radius 3 is 2.24 bits per heavy atom. The molecular formula is C14H21BrO2. The van der Waals surface area contributed by atoms with Gasteiger partial charge < -0.3 is 10.2 Å². The highest BCUT2D eigenvalue weighted by atomic mass is 79.9.